The van der Waals surface area contributed by atoms with Crippen LogP contribution in [0.4, 0.5) is 8.78 Å². The van der Waals surface area contributed by atoms with E-state index in [1.54, 1.807) is 0 Å². The molecule has 0 bridgehead atoms. The van der Waals surface area contributed by atoms with E-state index in [1.807, 2.05) is 42.3 Å². The molecular weight excluding hydrogens is 479 g/mol. The highest BCUT2D eigenvalue weighted by Gasteiger charge is 2.30. The van der Waals surface area contributed by atoms with Gasteiger partial charge in [0.15, 0.2) is 0 Å². The lowest BCUT2D eigenvalue weighted by atomic mass is 10.0. The number of hydrazone groups is 1. The maximum absolute atomic E-state index is 14.6. The molecule has 1 aliphatic rings. The Bertz CT molecular complexity index is 1180. The Hall–Kier alpha value is -3.11. The zero-order chi connectivity index (χ0) is 24.8. The molecule has 2 N–H and O–H groups in total. The molecule has 184 valence electrons. The number of hydrogen-bond acceptors (Lipinski definition) is 8. The minimum absolute atomic E-state index is 0.0473. The number of halogens is 2. The molecule has 0 saturated heterocycles. The molecule has 2 unspecified atom stereocenters. The van der Waals surface area contributed by atoms with Crippen LogP contribution in [-0.4, -0.2) is 45.5 Å². The molecule has 0 radical (unpaired) electrons. The maximum Gasteiger partial charge on any atom is 0.694 e. The van der Waals surface area contributed by atoms with Crippen LogP contribution in [0.2, 0.25) is 0 Å². The standard InChI is InChI=1S/C23H24F2N5O4P/c1-2-30-21(15-7-4-3-5-8-15)13-20(28-30)23-27-22(29-34-23)16-11-18(24)17(19(25)12-16)14-26-9-6-10-33-35(31)32/h3-5,7-8,11-12,21,26H,2,6,9-10,13-14H2,1H3/p+1. The highest BCUT2D eigenvalue weighted by atomic mass is 31.1. The van der Waals surface area contributed by atoms with Gasteiger partial charge in [0.25, 0.3) is 5.89 Å². The Morgan fingerprint density at radius 1 is 1.26 bits per heavy atom. The number of rotatable bonds is 11. The van der Waals surface area contributed by atoms with Crippen LogP contribution in [0.15, 0.2) is 52.1 Å². The fraction of sp³-hybridized carbons (Fsp3) is 0.348. The third-order valence-corrected chi connectivity index (χ3v) is 5.98. The summed E-state index contributed by atoms with van der Waals surface area (Å²) in [6, 6.07) is 12.4. The second-order valence-electron chi connectivity index (χ2n) is 7.88. The maximum atomic E-state index is 14.6. The summed E-state index contributed by atoms with van der Waals surface area (Å²) in [5.74, 6) is -1.20. The van der Waals surface area contributed by atoms with Gasteiger partial charge < -0.3 is 9.84 Å². The van der Waals surface area contributed by atoms with Crippen LogP contribution in [0.25, 0.3) is 11.4 Å². The molecule has 1 aliphatic heterocycles. The highest BCUT2D eigenvalue weighted by Crippen LogP contribution is 2.32. The summed E-state index contributed by atoms with van der Waals surface area (Å²) in [5.41, 5.74) is 1.77. The molecule has 0 amide bonds. The van der Waals surface area contributed by atoms with Gasteiger partial charge in [-0.25, -0.2) is 8.78 Å². The molecule has 2 heterocycles. The summed E-state index contributed by atoms with van der Waals surface area (Å²) >= 11 is 0. The Morgan fingerprint density at radius 3 is 2.69 bits per heavy atom. The molecule has 1 aromatic heterocycles. The van der Waals surface area contributed by atoms with E-state index in [1.165, 1.54) is 0 Å². The van der Waals surface area contributed by atoms with E-state index in [9.17, 15) is 13.3 Å². The minimum atomic E-state index is -2.65. The zero-order valence-electron chi connectivity index (χ0n) is 19.0. The molecular formula is C23H25F2N5O4P+. The van der Waals surface area contributed by atoms with Gasteiger partial charge in [-0.3, -0.25) is 5.01 Å². The number of benzene rings is 2. The first-order chi connectivity index (χ1) is 17.0. The minimum Gasteiger partial charge on any atom is -0.332 e. The summed E-state index contributed by atoms with van der Waals surface area (Å²) in [6.45, 7) is 3.08. The first-order valence-electron chi connectivity index (χ1n) is 11.2. The highest BCUT2D eigenvalue weighted by molar-refractivity contribution is 7.32. The molecule has 9 nitrogen and oxygen atoms in total. The lowest BCUT2D eigenvalue weighted by Crippen LogP contribution is -2.18. The van der Waals surface area contributed by atoms with Crippen molar-refractivity contribution in [3.05, 3.63) is 71.1 Å². The number of nitrogens with zero attached hydrogens (tertiary/aromatic N) is 4. The Labute approximate surface area is 201 Å². The van der Waals surface area contributed by atoms with Crippen molar-refractivity contribution in [2.75, 3.05) is 19.7 Å². The summed E-state index contributed by atoms with van der Waals surface area (Å²) < 4.78 is 49.6. The molecule has 3 aromatic rings. The van der Waals surface area contributed by atoms with Gasteiger partial charge >= 0.3 is 8.25 Å². The lowest BCUT2D eigenvalue weighted by molar-refractivity contribution is 0.246. The van der Waals surface area contributed by atoms with Gasteiger partial charge in [-0.05, 0) is 37.6 Å². The van der Waals surface area contributed by atoms with Crippen LogP contribution in [0, 0.1) is 11.6 Å². The Morgan fingerprint density at radius 2 is 2.00 bits per heavy atom. The monoisotopic (exact) mass is 504 g/mol. The molecule has 12 heteroatoms. The van der Waals surface area contributed by atoms with Gasteiger partial charge in [-0.2, -0.15) is 10.1 Å². The predicted octanol–water partition coefficient (Wildman–Crippen LogP) is 4.33. The van der Waals surface area contributed by atoms with Crippen molar-refractivity contribution in [1.82, 2.24) is 20.5 Å². The largest absolute Gasteiger partial charge is 0.694 e. The molecule has 0 fully saturated rings. The Kier molecular flexibility index (Phi) is 8.25. The summed E-state index contributed by atoms with van der Waals surface area (Å²) in [5, 5.41) is 13.4. The predicted molar refractivity (Wildman–Crippen MR) is 124 cm³/mol. The molecule has 0 saturated carbocycles. The third kappa shape index (κ3) is 6.12. The number of hydrogen-bond donors (Lipinski definition) is 2. The van der Waals surface area contributed by atoms with Gasteiger partial charge in [0, 0.05) is 35.2 Å². The topological polar surface area (TPSA) is 113 Å². The first-order valence-corrected chi connectivity index (χ1v) is 12.3. The third-order valence-electron chi connectivity index (χ3n) is 5.58. The first kappa shape index (κ1) is 25.0. The van der Waals surface area contributed by atoms with Crippen LogP contribution in [-0.2, 0) is 15.6 Å². The molecule has 2 atom stereocenters. The molecule has 4 rings (SSSR count). The van der Waals surface area contributed by atoms with Crippen molar-refractivity contribution < 1.29 is 27.3 Å². The van der Waals surface area contributed by atoms with Crippen LogP contribution < -0.4 is 5.32 Å². The van der Waals surface area contributed by atoms with Gasteiger partial charge in [0.05, 0.1) is 6.04 Å². The van der Waals surface area contributed by atoms with E-state index in [0.717, 1.165) is 17.7 Å². The van der Waals surface area contributed by atoms with Gasteiger partial charge in [0.1, 0.15) is 24.0 Å². The van der Waals surface area contributed by atoms with Crippen molar-refractivity contribution in [1.29, 1.82) is 0 Å². The second kappa shape index (κ2) is 11.5. The smallest absolute Gasteiger partial charge is 0.332 e. The van der Waals surface area contributed by atoms with E-state index in [-0.39, 0.29) is 42.0 Å². The van der Waals surface area contributed by atoms with E-state index in [0.29, 0.717) is 31.6 Å². The van der Waals surface area contributed by atoms with Crippen LogP contribution in [0.1, 0.15) is 42.8 Å². The zero-order valence-corrected chi connectivity index (χ0v) is 19.9. The fourth-order valence-electron chi connectivity index (χ4n) is 3.85. The summed E-state index contributed by atoms with van der Waals surface area (Å²) in [4.78, 5) is 12.9. The van der Waals surface area contributed by atoms with Crippen LogP contribution in [0.3, 0.4) is 0 Å². The van der Waals surface area contributed by atoms with Gasteiger partial charge in [-0.1, -0.05) is 35.5 Å². The van der Waals surface area contributed by atoms with E-state index in [2.05, 4.69) is 25.1 Å². The quantitative estimate of drug-likeness (QED) is 0.293. The summed E-state index contributed by atoms with van der Waals surface area (Å²) in [6.07, 6.45) is 0.992. The van der Waals surface area contributed by atoms with Crippen molar-refractivity contribution in [3.63, 3.8) is 0 Å². The van der Waals surface area contributed by atoms with Crippen molar-refractivity contribution in [3.8, 4) is 11.4 Å². The van der Waals surface area contributed by atoms with Crippen molar-refractivity contribution in [2.45, 2.75) is 32.4 Å². The number of nitrogens with one attached hydrogen (secondary N) is 1. The fourth-order valence-corrected chi connectivity index (χ4v) is 4.14. The molecule has 0 aliphatic carbocycles. The summed E-state index contributed by atoms with van der Waals surface area (Å²) in [7, 11) is -2.65. The number of aromatic nitrogens is 2. The van der Waals surface area contributed by atoms with Crippen LogP contribution in [0.5, 0.6) is 0 Å². The second-order valence-corrected chi connectivity index (χ2v) is 8.61. The average molecular weight is 504 g/mol. The lowest BCUT2D eigenvalue weighted by Gasteiger charge is -2.21. The Balaban J connectivity index is 1.42. The van der Waals surface area contributed by atoms with Crippen LogP contribution >= 0.6 is 8.25 Å². The van der Waals surface area contributed by atoms with Crippen molar-refractivity contribution >= 4 is 14.0 Å². The normalized spacial score (nSPS) is 16.0. The molecule has 2 aromatic carbocycles. The van der Waals surface area contributed by atoms with Crippen molar-refractivity contribution in [2.24, 2.45) is 5.10 Å². The van der Waals surface area contributed by atoms with E-state index in [4.69, 9.17) is 9.42 Å². The average Bonchev–Trinajstić information content (AvgIpc) is 3.50. The van der Waals surface area contributed by atoms with Gasteiger partial charge in [-0.15, -0.1) is 9.42 Å². The SMILES string of the molecule is CCN1N=C(c2nc(-c3cc(F)c(CNCCCO[P+](=O)O)c(F)c3)no2)CC1c1ccccc1. The molecule has 0 spiro atoms. The molecule has 35 heavy (non-hydrogen) atoms. The van der Waals surface area contributed by atoms with E-state index < -0.39 is 19.9 Å². The van der Waals surface area contributed by atoms with E-state index >= 15 is 0 Å². The van der Waals surface area contributed by atoms with Gasteiger partial charge in [0.2, 0.25) is 5.82 Å².